The number of benzene rings is 1. The zero-order valence-electron chi connectivity index (χ0n) is 14.5. The van der Waals surface area contributed by atoms with E-state index in [4.69, 9.17) is 0 Å². The summed E-state index contributed by atoms with van der Waals surface area (Å²) in [7, 11) is 5.94. The second kappa shape index (κ2) is 8.31. The molecule has 1 aliphatic rings. The fourth-order valence-electron chi connectivity index (χ4n) is 2.88. The Labute approximate surface area is 139 Å². The van der Waals surface area contributed by atoms with Crippen molar-refractivity contribution in [1.29, 1.82) is 0 Å². The smallest absolute Gasteiger partial charge is 0.253 e. The Kier molecular flexibility index (Phi) is 6.42. The van der Waals surface area contributed by atoms with Crippen LogP contribution in [0.1, 0.15) is 29.6 Å². The van der Waals surface area contributed by atoms with Gasteiger partial charge in [0, 0.05) is 37.9 Å². The molecule has 0 aliphatic carbocycles. The predicted octanol–water partition coefficient (Wildman–Crippen LogP) is 1.67. The van der Waals surface area contributed by atoms with Gasteiger partial charge in [-0.3, -0.25) is 4.79 Å². The van der Waals surface area contributed by atoms with Gasteiger partial charge in [-0.15, -0.1) is 0 Å². The molecule has 1 heterocycles. The van der Waals surface area contributed by atoms with Gasteiger partial charge in [0.15, 0.2) is 0 Å². The maximum atomic E-state index is 12.4. The molecule has 0 unspecified atom stereocenters. The second-order valence-corrected chi connectivity index (χ2v) is 6.65. The standard InChI is InChI=1S/C18H29N3O2/c1-19(2)11-4-12-20(3)18(23)15-5-7-16(8-6-15)21-13-9-17(22)10-14-21/h5-8,17,22H,4,9-14H2,1-3H3. The molecule has 23 heavy (non-hydrogen) atoms. The summed E-state index contributed by atoms with van der Waals surface area (Å²) in [6.07, 6.45) is 2.44. The number of anilines is 1. The quantitative estimate of drug-likeness (QED) is 0.866. The fourth-order valence-corrected chi connectivity index (χ4v) is 2.88. The number of carbonyl (C=O) groups excluding carboxylic acids is 1. The Morgan fingerprint density at radius 1 is 1.13 bits per heavy atom. The highest BCUT2D eigenvalue weighted by atomic mass is 16.3. The Morgan fingerprint density at radius 3 is 2.30 bits per heavy atom. The van der Waals surface area contributed by atoms with E-state index in [1.54, 1.807) is 4.90 Å². The Balaban J connectivity index is 1.89. The van der Waals surface area contributed by atoms with Crippen molar-refractivity contribution < 1.29 is 9.90 Å². The van der Waals surface area contributed by atoms with Crippen molar-refractivity contribution >= 4 is 11.6 Å². The highest BCUT2D eigenvalue weighted by Gasteiger charge is 2.18. The summed E-state index contributed by atoms with van der Waals surface area (Å²) >= 11 is 0. The van der Waals surface area contributed by atoms with E-state index in [9.17, 15) is 9.90 Å². The monoisotopic (exact) mass is 319 g/mol. The summed E-state index contributed by atoms with van der Waals surface area (Å²) in [6.45, 7) is 3.50. The summed E-state index contributed by atoms with van der Waals surface area (Å²) < 4.78 is 0. The van der Waals surface area contributed by atoms with Crippen LogP contribution in [0.15, 0.2) is 24.3 Å². The lowest BCUT2D eigenvalue weighted by molar-refractivity contribution is 0.0790. The van der Waals surface area contributed by atoms with Gasteiger partial charge in [0.05, 0.1) is 6.10 Å². The van der Waals surface area contributed by atoms with Crippen molar-refractivity contribution in [2.24, 2.45) is 0 Å². The second-order valence-electron chi connectivity index (χ2n) is 6.65. The molecule has 0 radical (unpaired) electrons. The van der Waals surface area contributed by atoms with Gasteiger partial charge in [0.1, 0.15) is 0 Å². The lowest BCUT2D eigenvalue weighted by Gasteiger charge is -2.31. The molecule has 1 aliphatic heterocycles. The third-order valence-corrected chi connectivity index (χ3v) is 4.39. The molecule has 1 aromatic rings. The molecule has 2 rings (SSSR count). The van der Waals surface area contributed by atoms with Crippen LogP contribution < -0.4 is 4.90 Å². The molecule has 0 saturated carbocycles. The first kappa shape index (κ1) is 17.8. The van der Waals surface area contributed by atoms with Crippen LogP contribution in [0.4, 0.5) is 5.69 Å². The zero-order chi connectivity index (χ0) is 16.8. The first-order valence-electron chi connectivity index (χ1n) is 8.40. The van der Waals surface area contributed by atoms with Crippen molar-refractivity contribution in [3.63, 3.8) is 0 Å². The van der Waals surface area contributed by atoms with Crippen LogP contribution in [0.3, 0.4) is 0 Å². The molecule has 1 N–H and O–H groups in total. The van der Waals surface area contributed by atoms with Crippen LogP contribution in [-0.2, 0) is 0 Å². The summed E-state index contributed by atoms with van der Waals surface area (Å²) in [5, 5.41) is 9.58. The predicted molar refractivity (Wildman–Crippen MR) is 94.0 cm³/mol. The van der Waals surface area contributed by atoms with Crippen molar-refractivity contribution in [3.8, 4) is 0 Å². The zero-order valence-corrected chi connectivity index (χ0v) is 14.5. The normalized spacial score (nSPS) is 16.0. The van der Waals surface area contributed by atoms with Crippen LogP contribution >= 0.6 is 0 Å². The van der Waals surface area contributed by atoms with Crippen LogP contribution in [-0.4, -0.2) is 74.2 Å². The van der Waals surface area contributed by atoms with Crippen molar-refractivity contribution in [2.45, 2.75) is 25.4 Å². The molecule has 1 amide bonds. The maximum absolute atomic E-state index is 12.4. The van der Waals surface area contributed by atoms with Gasteiger partial charge in [0.25, 0.3) is 5.91 Å². The lowest BCUT2D eigenvalue weighted by Crippen LogP contribution is -2.35. The maximum Gasteiger partial charge on any atom is 0.253 e. The Hall–Kier alpha value is -1.59. The molecule has 1 saturated heterocycles. The minimum Gasteiger partial charge on any atom is -0.393 e. The lowest BCUT2D eigenvalue weighted by atomic mass is 10.1. The number of aliphatic hydroxyl groups excluding tert-OH is 1. The minimum absolute atomic E-state index is 0.0735. The van der Waals surface area contributed by atoms with Gasteiger partial charge >= 0.3 is 0 Å². The van der Waals surface area contributed by atoms with E-state index in [1.807, 2.05) is 45.4 Å². The van der Waals surface area contributed by atoms with Crippen LogP contribution in [0.5, 0.6) is 0 Å². The van der Waals surface area contributed by atoms with Crippen LogP contribution in [0, 0.1) is 0 Å². The number of hydrogen-bond acceptors (Lipinski definition) is 4. The largest absolute Gasteiger partial charge is 0.393 e. The molecule has 128 valence electrons. The number of rotatable bonds is 6. The SMILES string of the molecule is CN(C)CCCN(C)C(=O)c1ccc(N2CCC(O)CC2)cc1. The van der Waals surface area contributed by atoms with Gasteiger partial charge in [-0.05, 0) is 64.2 Å². The van der Waals surface area contributed by atoms with Crippen LogP contribution in [0.2, 0.25) is 0 Å². The van der Waals surface area contributed by atoms with Gasteiger partial charge < -0.3 is 19.8 Å². The number of carbonyl (C=O) groups is 1. The minimum atomic E-state index is -0.164. The molecule has 5 heteroatoms. The van der Waals surface area contributed by atoms with Crippen molar-refractivity contribution in [1.82, 2.24) is 9.80 Å². The summed E-state index contributed by atoms with van der Waals surface area (Å²) in [5.41, 5.74) is 1.86. The number of nitrogens with zero attached hydrogens (tertiary/aromatic N) is 3. The molecule has 5 nitrogen and oxygen atoms in total. The van der Waals surface area contributed by atoms with Gasteiger partial charge in [0.2, 0.25) is 0 Å². The first-order valence-corrected chi connectivity index (χ1v) is 8.40. The molecule has 0 bridgehead atoms. The molecule has 1 fully saturated rings. The fraction of sp³-hybridized carbons (Fsp3) is 0.611. The number of amides is 1. The first-order chi connectivity index (χ1) is 11.0. The van der Waals surface area contributed by atoms with E-state index < -0.39 is 0 Å². The number of hydrogen-bond donors (Lipinski definition) is 1. The third-order valence-electron chi connectivity index (χ3n) is 4.39. The molecule has 0 spiro atoms. The number of piperidine rings is 1. The highest BCUT2D eigenvalue weighted by Crippen LogP contribution is 2.21. The summed E-state index contributed by atoms with van der Waals surface area (Å²) in [6, 6.07) is 7.84. The summed E-state index contributed by atoms with van der Waals surface area (Å²) in [5.74, 6) is 0.0735. The van der Waals surface area contributed by atoms with E-state index in [0.29, 0.717) is 0 Å². The summed E-state index contributed by atoms with van der Waals surface area (Å²) in [4.78, 5) is 18.6. The third kappa shape index (κ3) is 5.22. The molecular formula is C18H29N3O2. The molecule has 0 atom stereocenters. The number of aliphatic hydroxyl groups is 1. The van der Waals surface area contributed by atoms with Crippen LogP contribution in [0.25, 0.3) is 0 Å². The topological polar surface area (TPSA) is 47.0 Å². The highest BCUT2D eigenvalue weighted by molar-refractivity contribution is 5.94. The van der Waals surface area contributed by atoms with E-state index in [1.165, 1.54) is 0 Å². The van der Waals surface area contributed by atoms with E-state index in [-0.39, 0.29) is 12.0 Å². The van der Waals surface area contributed by atoms with E-state index in [2.05, 4.69) is 9.80 Å². The van der Waals surface area contributed by atoms with Crippen molar-refractivity contribution in [3.05, 3.63) is 29.8 Å². The van der Waals surface area contributed by atoms with E-state index in [0.717, 1.165) is 56.7 Å². The molecular weight excluding hydrogens is 290 g/mol. The average Bonchev–Trinajstić information content (AvgIpc) is 2.54. The van der Waals surface area contributed by atoms with Gasteiger partial charge in [-0.1, -0.05) is 0 Å². The average molecular weight is 319 g/mol. The molecule has 1 aromatic carbocycles. The van der Waals surface area contributed by atoms with Gasteiger partial charge in [-0.25, -0.2) is 0 Å². The van der Waals surface area contributed by atoms with Gasteiger partial charge in [-0.2, -0.15) is 0 Å². The molecule has 0 aromatic heterocycles. The van der Waals surface area contributed by atoms with E-state index >= 15 is 0 Å². The Bertz CT molecular complexity index is 493. The Morgan fingerprint density at radius 2 is 1.74 bits per heavy atom. The van der Waals surface area contributed by atoms with Crippen molar-refractivity contribution in [2.75, 3.05) is 52.2 Å².